The molecule has 13 heavy (non-hydrogen) atoms. The standard InChI is InChI=1S/C11H17NS/c1-11(2,8-12-9-5-6-9)10-4-3-7-13-10/h3-4,7,9,12H,5-6,8H2,1-2H3. The predicted molar refractivity (Wildman–Crippen MR) is 58.4 cm³/mol. The summed E-state index contributed by atoms with van der Waals surface area (Å²) >= 11 is 1.86. The smallest absolute Gasteiger partial charge is 0.0115 e. The van der Waals surface area contributed by atoms with E-state index in [1.54, 1.807) is 0 Å². The van der Waals surface area contributed by atoms with Crippen LogP contribution >= 0.6 is 11.3 Å². The summed E-state index contributed by atoms with van der Waals surface area (Å²) in [7, 11) is 0. The van der Waals surface area contributed by atoms with Crippen LogP contribution in [0.15, 0.2) is 17.5 Å². The molecule has 0 aliphatic heterocycles. The van der Waals surface area contributed by atoms with Gasteiger partial charge in [-0.1, -0.05) is 19.9 Å². The first-order valence-electron chi connectivity index (χ1n) is 4.96. The Morgan fingerprint density at radius 3 is 2.85 bits per heavy atom. The Bertz CT molecular complexity index is 260. The third-order valence-corrected chi connectivity index (χ3v) is 3.83. The highest BCUT2D eigenvalue weighted by molar-refractivity contribution is 7.10. The van der Waals surface area contributed by atoms with Crippen LogP contribution < -0.4 is 5.32 Å². The molecule has 1 saturated carbocycles. The van der Waals surface area contributed by atoms with Gasteiger partial charge < -0.3 is 5.32 Å². The van der Waals surface area contributed by atoms with Crippen molar-refractivity contribution in [2.75, 3.05) is 6.54 Å². The average Bonchev–Trinajstić information content (AvgIpc) is 2.74. The number of rotatable bonds is 4. The zero-order chi connectivity index (χ0) is 9.31. The van der Waals surface area contributed by atoms with Gasteiger partial charge in [-0.25, -0.2) is 0 Å². The van der Waals surface area contributed by atoms with Crippen molar-refractivity contribution in [3.05, 3.63) is 22.4 Å². The van der Waals surface area contributed by atoms with Gasteiger partial charge in [0.2, 0.25) is 0 Å². The van der Waals surface area contributed by atoms with Gasteiger partial charge in [0.1, 0.15) is 0 Å². The predicted octanol–water partition coefficient (Wildman–Crippen LogP) is 2.78. The highest BCUT2D eigenvalue weighted by atomic mass is 32.1. The normalized spacial score (nSPS) is 17.7. The van der Waals surface area contributed by atoms with E-state index in [0.29, 0.717) is 5.41 Å². The topological polar surface area (TPSA) is 12.0 Å². The van der Waals surface area contributed by atoms with Crippen LogP contribution in [0, 0.1) is 0 Å². The van der Waals surface area contributed by atoms with E-state index in [4.69, 9.17) is 0 Å². The number of nitrogens with one attached hydrogen (secondary N) is 1. The SMILES string of the molecule is CC(C)(CNC1CC1)c1cccs1. The van der Waals surface area contributed by atoms with Crippen LogP contribution in [-0.4, -0.2) is 12.6 Å². The van der Waals surface area contributed by atoms with Gasteiger partial charge in [-0.3, -0.25) is 0 Å². The molecule has 1 aromatic heterocycles. The molecule has 0 aromatic carbocycles. The minimum atomic E-state index is 0.302. The van der Waals surface area contributed by atoms with Crippen molar-refractivity contribution in [1.82, 2.24) is 5.32 Å². The summed E-state index contributed by atoms with van der Waals surface area (Å²) in [6.45, 7) is 5.74. The fraction of sp³-hybridized carbons (Fsp3) is 0.636. The molecule has 1 aliphatic carbocycles. The maximum Gasteiger partial charge on any atom is 0.0115 e. The van der Waals surface area contributed by atoms with Crippen LogP contribution in [0.2, 0.25) is 0 Å². The van der Waals surface area contributed by atoms with Crippen LogP contribution in [0.5, 0.6) is 0 Å². The molecule has 1 nitrogen and oxygen atoms in total. The van der Waals surface area contributed by atoms with Crippen molar-refractivity contribution in [1.29, 1.82) is 0 Å². The van der Waals surface area contributed by atoms with Crippen LogP contribution in [0.1, 0.15) is 31.6 Å². The van der Waals surface area contributed by atoms with Crippen molar-refractivity contribution in [3.8, 4) is 0 Å². The van der Waals surface area contributed by atoms with E-state index in [1.807, 2.05) is 11.3 Å². The molecule has 0 saturated heterocycles. The van der Waals surface area contributed by atoms with E-state index >= 15 is 0 Å². The molecular formula is C11H17NS. The van der Waals surface area contributed by atoms with Crippen molar-refractivity contribution in [2.45, 2.75) is 38.1 Å². The second kappa shape index (κ2) is 3.43. The van der Waals surface area contributed by atoms with E-state index in [-0.39, 0.29) is 0 Å². The molecule has 0 spiro atoms. The highest BCUT2D eigenvalue weighted by Gasteiger charge is 2.26. The molecule has 1 N–H and O–H groups in total. The molecular weight excluding hydrogens is 178 g/mol. The third-order valence-electron chi connectivity index (χ3n) is 2.60. The molecule has 72 valence electrons. The molecule has 0 unspecified atom stereocenters. The van der Waals surface area contributed by atoms with Crippen LogP contribution in [0.4, 0.5) is 0 Å². The Morgan fingerprint density at radius 2 is 2.31 bits per heavy atom. The molecule has 1 aliphatic rings. The van der Waals surface area contributed by atoms with E-state index in [2.05, 4.69) is 36.7 Å². The molecule has 2 heteroatoms. The lowest BCUT2D eigenvalue weighted by molar-refractivity contribution is 0.475. The van der Waals surface area contributed by atoms with Crippen LogP contribution in [0.25, 0.3) is 0 Å². The molecule has 0 amide bonds. The van der Waals surface area contributed by atoms with Crippen LogP contribution in [-0.2, 0) is 5.41 Å². The second-order valence-corrected chi connectivity index (χ2v) is 5.46. The summed E-state index contributed by atoms with van der Waals surface area (Å²) in [4.78, 5) is 1.49. The Morgan fingerprint density at radius 1 is 1.54 bits per heavy atom. The van der Waals surface area contributed by atoms with E-state index in [9.17, 15) is 0 Å². The monoisotopic (exact) mass is 195 g/mol. The summed E-state index contributed by atoms with van der Waals surface area (Å²) in [6, 6.07) is 5.19. The molecule has 1 heterocycles. The maximum atomic E-state index is 3.59. The first kappa shape index (κ1) is 9.22. The van der Waals surface area contributed by atoms with Gasteiger partial charge in [0.05, 0.1) is 0 Å². The molecule has 1 fully saturated rings. The highest BCUT2D eigenvalue weighted by Crippen LogP contribution is 2.28. The van der Waals surface area contributed by atoms with Crippen molar-refractivity contribution in [3.63, 3.8) is 0 Å². The molecule has 0 radical (unpaired) electrons. The number of hydrogen-bond acceptors (Lipinski definition) is 2. The Labute approximate surface area is 84.2 Å². The summed E-state index contributed by atoms with van der Waals surface area (Å²) in [5.41, 5.74) is 0.302. The molecule has 1 aromatic rings. The van der Waals surface area contributed by atoms with Gasteiger partial charge in [-0.05, 0) is 24.3 Å². The van der Waals surface area contributed by atoms with Crippen LogP contribution in [0.3, 0.4) is 0 Å². The van der Waals surface area contributed by atoms with Gasteiger partial charge in [0.25, 0.3) is 0 Å². The van der Waals surface area contributed by atoms with Gasteiger partial charge in [0, 0.05) is 22.9 Å². The first-order valence-corrected chi connectivity index (χ1v) is 5.84. The Balaban J connectivity index is 1.93. The summed E-state index contributed by atoms with van der Waals surface area (Å²) in [5.74, 6) is 0. The largest absolute Gasteiger partial charge is 0.313 e. The molecule has 2 rings (SSSR count). The Kier molecular flexibility index (Phi) is 2.43. The quantitative estimate of drug-likeness (QED) is 0.779. The van der Waals surface area contributed by atoms with Gasteiger partial charge in [0.15, 0.2) is 0 Å². The fourth-order valence-corrected chi connectivity index (χ4v) is 2.29. The lowest BCUT2D eigenvalue weighted by Crippen LogP contribution is -2.33. The fourth-order valence-electron chi connectivity index (χ4n) is 1.44. The van der Waals surface area contributed by atoms with E-state index in [1.165, 1.54) is 17.7 Å². The second-order valence-electron chi connectivity index (χ2n) is 4.52. The zero-order valence-corrected chi connectivity index (χ0v) is 9.16. The third kappa shape index (κ3) is 2.32. The average molecular weight is 195 g/mol. The van der Waals surface area contributed by atoms with Gasteiger partial charge >= 0.3 is 0 Å². The minimum Gasteiger partial charge on any atom is -0.313 e. The summed E-state index contributed by atoms with van der Waals surface area (Å²) in [5, 5.41) is 5.75. The number of hydrogen-bond donors (Lipinski definition) is 1. The number of thiophene rings is 1. The van der Waals surface area contributed by atoms with Crippen molar-refractivity contribution >= 4 is 11.3 Å². The van der Waals surface area contributed by atoms with Crippen molar-refractivity contribution in [2.24, 2.45) is 0 Å². The molecule has 0 bridgehead atoms. The lowest BCUT2D eigenvalue weighted by Gasteiger charge is -2.23. The first-order chi connectivity index (χ1) is 6.18. The van der Waals surface area contributed by atoms with E-state index in [0.717, 1.165) is 12.6 Å². The Hall–Kier alpha value is -0.340. The minimum absolute atomic E-state index is 0.302. The zero-order valence-electron chi connectivity index (χ0n) is 8.34. The summed E-state index contributed by atoms with van der Waals surface area (Å²) in [6.07, 6.45) is 2.75. The lowest BCUT2D eigenvalue weighted by atomic mass is 9.91. The maximum absolute atomic E-state index is 3.59. The van der Waals surface area contributed by atoms with Gasteiger partial charge in [-0.2, -0.15) is 0 Å². The van der Waals surface area contributed by atoms with Gasteiger partial charge in [-0.15, -0.1) is 11.3 Å². The van der Waals surface area contributed by atoms with Crippen molar-refractivity contribution < 1.29 is 0 Å². The summed E-state index contributed by atoms with van der Waals surface area (Å²) < 4.78 is 0. The van der Waals surface area contributed by atoms with E-state index < -0.39 is 0 Å². The molecule has 0 atom stereocenters.